The highest BCUT2D eigenvalue weighted by Crippen LogP contribution is 2.37. The van der Waals surface area contributed by atoms with Gasteiger partial charge in [0.2, 0.25) is 0 Å². The molecule has 0 aromatic heterocycles. The van der Waals surface area contributed by atoms with Gasteiger partial charge in [-0.25, -0.2) is 0 Å². The Morgan fingerprint density at radius 2 is 2.21 bits per heavy atom. The lowest BCUT2D eigenvalue weighted by Crippen LogP contribution is -1.98. The van der Waals surface area contributed by atoms with Crippen molar-refractivity contribution in [1.82, 2.24) is 0 Å². The predicted molar refractivity (Wildman–Crippen MR) is 54.4 cm³/mol. The maximum Gasteiger partial charge on any atom is 0.287 e. The van der Waals surface area contributed by atoms with E-state index in [0.29, 0.717) is 10.2 Å². The molecule has 0 radical (unpaired) electrons. The van der Waals surface area contributed by atoms with Crippen LogP contribution in [0.2, 0.25) is 0 Å². The van der Waals surface area contributed by atoms with Gasteiger partial charge in [-0.1, -0.05) is 6.07 Å². The summed E-state index contributed by atoms with van der Waals surface area (Å²) in [6.45, 7) is 0. The summed E-state index contributed by atoms with van der Waals surface area (Å²) in [7, 11) is 0. The molecule has 0 saturated heterocycles. The maximum atomic E-state index is 10.6. The summed E-state index contributed by atoms with van der Waals surface area (Å²) in [5.41, 5.74) is 0.0446. The smallest absolute Gasteiger partial charge is 0.287 e. The Labute approximate surface area is 89.2 Å². The van der Waals surface area contributed by atoms with Crippen LogP contribution in [0.25, 0.3) is 0 Å². The van der Waals surface area contributed by atoms with Crippen LogP contribution in [0.3, 0.4) is 0 Å². The first-order valence-electron chi connectivity index (χ1n) is 4.28. The van der Waals surface area contributed by atoms with Gasteiger partial charge in [0, 0.05) is 6.07 Å². The molecule has 2 rings (SSSR count). The minimum absolute atomic E-state index is 0.0446. The first-order valence-corrected chi connectivity index (χ1v) is 5.07. The second-order valence-corrected chi connectivity index (χ2v) is 3.96. The van der Waals surface area contributed by atoms with Crippen LogP contribution in [0.1, 0.15) is 12.8 Å². The molecule has 1 aliphatic rings. The fourth-order valence-electron chi connectivity index (χ4n) is 1.10. The highest BCUT2D eigenvalue weighted by atomic mass is 79.9. The Bertz CT molecular complexity index is 376. The molecule has 0 aliphatic heterocycles. The summed E-state index contributed by atoms with van der Waals surface area (Å²) in [6, 6.07) is 4.81. The predicted octanol–water partition coefficient (Wildman–Crippen LogP) is 2.90. The molecular formula is C9H8BrNO3. The summed E-state index contributed by atoms with van der Waals surface area (Å²) < 4.78 is 5.92. The Morgan fingerprint density at radius 1 is 1.50 bits per heavy atom. The second-order valence-electron chi connectivity index (χ2n) is 3.16. The van der Waals surface area contributed by atoms with Crippen molar-refractivity contribution in [3.05, 3.63) is 32.8 Å². The van der Waals surface area contributed by atoms with Gasteiger partial charge < -0.3 is 4.74 Å². The highest BCUT2D eigenvalue weighted by Gasteiger charge is 2.26. The molecule has 4 nitrogen and oxygen atoms in total. The molecular weight excluding hydrogens is 250 g/mol. The average molecular weight is 258 g/mol. The van der Waals surface area contributed by atoms with Crippen LogP contribution in [0.4, 0.5) is 5.69 Å². The molecule has 1 aromatic carbocycles. The Kier molecular flexibility index (Phi) is 2.41. The van der Waals surface area contributed by atoms with Crippen molar-refractivity contribution in [3.8, 4) is 5.75 Å². The molecule has 1 fully saturated rings. The molecule has 0 unspecified atom stereocenters. The minimum atomic E-state index is -0.427. The number of benzene rings is 1. The molecule has 0 N–H and O–H groups in total. The Balaban J connectivity index is 2.30. The van der Waals surface area contributed by atoms with Gasteiger partial charge in [0.1, 0.15) is 10.2 Å². The van der Waals surface area contributed by atoms with Gasteiger partial charge in [-0.3, -0.25) is 10.1 Å². The molecule has 1 aliphatic carbocycles. The van der Waals surface area contributed by atoms with Crippen molar-refractivity contribution in [3.63, 3.8) is 0 Å². The maximum absolute atomic E-state index is 10.6. The molecule has 14 heavy (non-hydrogen) atoms. The third-order valence-electron chi connectivity index (χ3n) is 1.96. The summed E-state index contributed by atoms with van der Waals surface area (Å²) in [6.07, 6.45) is 2.32. The zero-order valence-electron chi connectivity index (χ0n) is 7.27. The lowest BCUT2D eigenvalue weighted by Gasteiger charge is -2.05. The van der Waals surface area contributed by atoms with Gasteiger partial charge in [-0.05, 0) is 34.8 Å². The first-order chi connectivity index (χ1) is 6.68. The fourth-order valence-corrected chi connectivity index (χ4v) is 1.60. The van der Waals surface area contributed by atoms with Crippen LogP contribution in [0, 0.1) is 10.1 Å². The number of hydrogen-bond acceptors (Lipinski definition) is 3. The molecule has 1 aromatic rings. The Hall–Kier alpha value is -1.10. The van der Waals surface area contributed by atoms with Crippen molar-refractivity contribution in [2.24, 2.45) is 0 Å². The number of halogens is 1. The van der Waals surface area contributed by atoms with E-state index in [2.05, 4.69) is 15.9 Å². The summed E-state index contributed by atoms with van der Waals surface area (Å²) >= 11 is 3.17. The molecule has 0 spiro atoms. The van der Waals surface area contributed by atoms with Crippen LogP contribution in [0.15, 0.2) is 22.7 Å². The first kappa shape index (κ1) is 9.45. The van der Waals surface area contributed by atoms with Gasteiger partial charge in [-0.15, -0.1) is 0 Å². The van der Waals surface area contributed by atoms with Crippen molar-refractivity contribution in [2.75, 3.05) is 0 Å². The van der Waals surface area contributed by atoms with Crippen LogP contribution >= 0.6 is 15.9 Å². The van der Waals surface area contributed by atoms with E-state index in [9.17, 15) is 10.1 Å². The average Bonchev–Trinajstić information content (AvgIpc) is 2.92. The molecule has 0 atom stereocenters. The number of rotatable bonds is 3. The normalized spacial score (nSPS) is 15.2. The number of ether oxygens (including phenoxy) is 1. The van der Waals surface area contributed by atoms with E-state index in [1.807, 2.05) is 0 Å². The van der Waals surface area contributed by atoms with Gasteiger partial charge in [0.05, 0.1) is 11.0 Å². The van der Waals surface area contributed by atoms with E-state index in [4.69, 9.17) is 4.74 Å². The van der Waals surface area contributed by atoms with E-state index >= 15 is 0 Å². The molecule has 5 heteroatoms. The third-order valence-corrected chi connectivity index (χ3v) is 2.75. The minimum Gasteiger partial charge on any atom is -0.489 e. The molecule has 0 amide bonds. The quantitative estimate of drug-likeness (QED) is 0.618. The van der Waals surface area contributed by atoms with Crippen LogP contribution in [-0.4, -0.2) is 11.0 Å². The fraction of sp³-hybridized carbons (Fsp3) is 0.333. The zero-order valence-corrected chi connectivity index (χ0v) is 8.86. The van der Waals surface area contributed by atoms with Crippen molar-refractivity contribution in [2.45, 2.75) is 18.9 Å². The van der Waals surface area contributed by atoms with Crippen molar-refractivity contribution in [1.29, 1.82) is 0 Å². The van der Waals surface area contributed by atoms with Crippen molar-refractivity contribution < 1.29 is 9.66 Å². The number of hydrogen-bond donors (Lipinski definition) is 0. The van der Waals surface area contributed by atoms with Crippen LogP contribution < -0.4 is 4.74 Å². The SMILES string of the molecule is O=[N+]([O-])c1cccc(OC2CC2)c1Br. The van der Waals surface area contributed by atoms with E-state index in [-0.39, 0.29) is 11.8 Å². The van der Waals surface area contributed by atoms with E-state index in [1.54, 1.807) is 12.1 Å². The number of nitro groups is 1. The summed E-state index contributed by atoms with van der Waals surface area (Å²) in [5, 5.41) is 10.6. The van der Waals surface area contributed by atoms with Gasteiger partial charge in [-0.2, -0.15) is 0 Å². The standard InChI is InChI=1S/C9H8BrNO3/c10-9-7(11(12)13)2-1-3-8(9)14-6-4-5-6/h1-3,6H,4-5H2. The van der Waals surface area contributed by atoms with E-state index < -0.39 is 4.92 Å². The molecule has 1 saturated carbocycles. The second kappa shape index (κ2) is 3.57. The van der Waals surface area contributed by atoms with Gasteiger partial charge in [0.15, 0.2) is 0 Å². The number of nitro benzene ring substituents is 1. The van der Waals surface area contributed by atoms with Crippen LogP contribution in [-0.2, 0) is 0 Å². The Morgan fingerprint density at radius 3 is 2.79 bits per heavy atom. The van der Waals surface area contributed by atoms with E-state index in [0.717, 1.165) is 12.8 Å². The third kappa shape index (κ3) is 1.87. The molecule has 0 bridgehead atoms. The number of nitrogens with zero attached hydrogens (tertiary/aromatic N) is 1. The zero-order chi connectivity index (χ0) is 10.1. The molecule has 74 valence electrons. The lowest BCUT2D eigenvalue weighted by molar-refractivity contribution is -0.385. The lowest BCUT2D eigenvalue weighted by atomic mass is 10.3. The van der Waals surface area contributed by atoms with Crippen LogP contribution in [0.5, 0.6) is 5.75 Å². The topological polar surface area (TPSA) is 52.4 Å². The largest absolute Gasteiger partial charge is 0.489 e. The van der Waals surface area contributed by atoms with E-state index in [1.165, 1.54) is 6.07 Å². The highest BCUT2D eigenvalue weighted by molar-refractivity contribution is 9.10. The monoisotopic (exact) mass is 257 g/mol. The summed E-state index contributed by atoms with van der Waals surface area (Å²) in [5.74, 6) is 0.557. The van der Waals surface area contributed by atoms with Gasteiger partial charge in [0.25, 0.3) is 5.69 Å². The molecule has 0 heterocycles. The summed E-state index contributed by atoms with van der Waals surface area (Å²) in [4.78, 5) is 10.2. The van der Waals surface area contributed by atoms with Gasteiger partial charge >= 0.3 is 0 Å². The van der Waals surface area contributed by atoms with Crippen molar-refractivity contribution >= 4 is 21.6 Å².